The van der Waals surface area contributed by atoms with Crippen LogP contribution in [0.15, 0.2) is 50.5 Å². The molecule has 8 heteroatoms. The van der Waals surface area contributed by atoms with Gasteiger partial charge in [-0.2, -0.15) is 4.31 Å². The average Bonchev–Trinajstić information content (AvgIpc) is 3.23. The molecular formula is C16H17BrN2O3S2. The average molecular weight is 429 g/mol. The molecular weight excluding hydrogens is 412 g/mol. The Kier molecular flexibility index (Phi) is 5.10. The van der Waals surface area contributed by atoms with E-state index in [-0.39, 0.29) is 10.1 Å². The topological polar surface area (TPSA) is 57.7 Å². The maximum Gasteiger partial charge on any atom is 0.253 e. The van der Waals surface area contributed by atoms with E-state index in [1.807, 2.05) is 30.3 Å². The second-order valence-corrected chi connectivity index (χ2v) is 10.1. The first-order valence-corrected chi connectivity index (χ1v) is 10.6. The molecule has 0 N–H and O–H groups in total. The van der Waals surface area contributed by atoms with E-state index in [0.717, 1.165) is 20.8 Å². The van der Waals surface area contributed by atoms with E-state index in [4.69, 9.17) is 0 Å². The lowest BCUT2D eigenvalue weighted by molar-refractivity contribution is -0.121. The number of thiophene rings is 1. The molecule has 1 fully saturated rings. The van der Waals surface area contributed by atoms with Gasteiger partial charge in [-0.3, -0.25) is 4.79 Å². The first kappa shape index (κ1) is 17.6. The van der Waals surface area contributed by atoms with E-state index < -0.39 is 16.1 Å². The second kappa shape index (κ2) is 6.95. The number of carbonyl (C=O) groups excluding carboxylic acids is 1. The van der Waals surface area contributed by atoms with Crippen LogP contribution in [0.2, 0.25) is 0 Å². The standard InChI is InChI=1S/C16H17BrN2O3S2/c1-18(12-6-3-2-4-7-12)16(20)13-8-5-11-19(13)24(21,22)15-10-9-14(17)23-15/h2-4,6-7,9-10,13H,5,8,11H2,1H3. The number of anilines is 1. The van der Waals surface area contributed by atoms with Crippen LogP contribution in [-0.2, 0) is 14.8 Å². The van der Waals surface area contributed by atoms with Gasteiger partial charge in [-0.15, -0.1) is 11.3 Å². The van der Waals surface area contributed by atoms with Crippen molar-refractivity contribution in [1.29, 1.82) is 0 Å². The zero-order valence-electron chi connectivity index (χ0n) is 13.1. The molecule has 1 amide bonds. The van der Waals surface area contributed by atoms with Gasteiger partial charge in [0.1, 0.15) is 10.3 Å². The Labute approximate surface area is 154 Å². The third-order valence-electron chi connectivity index (χ3n) is 4.07. The summed E-state index contributed by atoms with van der Waals surface area (Å²) < 4.78 is 28.1. The van der Waals surface area contributed by atoms with Crippen molar-refractivity contribution < 1.29 is 13.2 Å². The molecule has 1 atom stereocenters. The summed E-state index contributed by atoms with van der Waals surface area (Å²) in [6, 6.07) is 11.9. The van der Waals surface area contributed by atoms with Crippen LogP contribution in [0.4, 0.5) is 5.69 Å². The predicted octanol–water partition coefficient (Wildman–Crippen LogP) is 3.33. The van der Waals surface area contributed by atoms with E-state index in [1.54, 1.807) is 19.2 Å². The molecule has 24 heavy (non-hydrogen) atoms. The van der Waals surface area contributed by atoms with Gasteiger partial charge in [0.2, 0.25) is 5.91 Å². The van der Waals surface area contributed by atoms with Gasteiger partial charge in [0.05, 0.1) is 3.79 Å². The van der Waals surface area contributed by atoms with Crippen molar-refractivity contribution in [1.82, 2.24) is 4.31 Å². The van der Waals surface area contributed by atoms with E-state index in [1.165, 1.54) is 9.21 Å². The molecule has 1 aromatic carbocycles. The number of carbonyl (C=O) groups is 1. The minimum atomic E-state index is -3.65. The summed E-state index contributed by atoms with van der Waals surface area (Å²) in [4.78, 5) is 14.4. The highest BCUT2D eigenvalue weighted by molar-refractivity contribution is 9.11. The monoisotopic (exact) mass is 428 g/mol. The van der Waals surface area contributed by atoms with Crippen molar-refractivity contribution in [3.8, 4) is 0 Å². The molecule has 0 bridgehead atoms. The molecule has 3 rings (SSSR count). The number of rotatable bonds is 4. The van der Waals surface area contributed by atoms with E-state index >= 15 is 0 Å². The Bertz CT molecular complexity index is 836. The molecule has 0 spiro atoms. The van der Waals surface area contributed by atoms with Gasteiger partial charge >= 0.3 is 0 Å². The van der Waals surface area contributed by atoms with Gasteiger partial charge in [-0.05, 0) is 53.0 Å². The van der Waals surface area contributed by atoms with Crippen LogP contribution in [-0.4, -0.2) is 38.3 Å². The summed E-state index contributed by atoms with van der Waals surface area (Å²) in [5.74, 6) is -0.196. The zero-order valence-corrected chi connectivity index (χ0v) is 16.3. The Morgan fingerprint density at radius 1 is 1.25 bits per heavy atom. The first-order chi connectivity index (χ1) is 11.4. The molecule has 2 heterocycles. The van der Waals surface area contributed by atoms with Crippen LogP contribution in [0.5, 0.6) is 0 Å². The summed E-state index contributed by atoms with van der Waals surface area (Å²) >= 11 is 4.45. The fourth-order valence-corrected chi connectivity index (χ4v) is 6.62. The van der Waals surface area contributed by atoms with Gasteiger partial charge in [0.15, 0.2) is 0 Å². The number of para-hydroxylation sites is 1. The fraction of sp³-hybridized carbons (Fsp3) is 0.312. The van der Waals surface area contributed by atoms with Crippen molar-refractivity contribution >= 4 is 48.9 Å². The summed E-state index contributed by atoms with van der Waals surface area (Å²) in [6.45, 7) is 0.372. The molecule has 0 saturated carbocycles. The number of halogens is 1. The van der Waals surface area contributed by atoms with Crippen LogP contribution in [0.1, 0.15) is 12.8 Å². The lowest BCUT2D eigenvalue weighted by atomic mass is 10.2. The Balaban J connectivity index is 1.87. The largest absolute Gasteiger partial charge is 0.314 e. The molecule has 2 aromatic rings. The van der Waals surface area contributed by atoms with Crippen LogP contribution < -0.4 is 4.90 Å². The third-order valence-corrected chi connectivity index (χ3v) is 8.07. The molecule has 128 valence electrons. The van der Waals surface area contributed by atoms with Gasteiger partial charge < -0.3 is 4.90 Å². The fourth-order valence-electron chi connectivity index (χ4n) is 2.83. The number of amides is 1. The highest BCUT2D eigenvalue weighted by Crippen LogP contribution is 2.33. The summed E-state index contributed by atoms with van der Waals surface area (Å²) in [5, 5.41) is 0. The number of hydrogen-bond donors (Lipinski definition) is 0. The van der Waals surface area contributed by atoms with E-state index in [0.29, 0.717) is 19.4 Å². The Morgan fingerprint density at radius 2 is 1.96 bits per heavy atom. The van der Waals surface area contributed by atoms with Gasteiger partial charge in [-0.25, -0.2) is 8.42 Å². The normalized spacial score (nSPS) is 18.7. The minimum absolute atomic E-state index is 0.196. The van der Waals surface area contributed by atoms with E-state index in [2.05, 4.69) is 15.9 Å². The molecule has 1 unspecified atom stereocenters. The number of sulfonamides is 1. The van der Waals surface area contributed by atoms with Crippen LogP contribution in [0.3, 0.4) is 0 Å². The van der Waals surface area contributed by atoms with Crippen molar-refractivity contribution in [2.45, 2.75) is 23.1 Å². The molecule has 1 saturated heterocycles. The van der Waals surface area contributed by atoms with E-state index in [9.17, 15) is 13.2 Å². The zero-order chi connectivity index (χ0) is 17.3. The summed E-state index contributed by atoms with van der Waals surface area (Å²) in [5.41, 5.74) is 0.755. The first-order valence-electron chi connectivity index (χ1n) is 7.51. The minimum Gasteiger partial charge on any atom is -0.314 e. The molecule has 0 aliphatic carbocycles. The van der Waals surface area contributed by atoms with Crippen LogP contribution >= 0.6 is 27.3 Å². The van der Waals surface area contributed by atoms with Gasteiger partial charge in [0, 0.05) is 19.3 Å². The van der Waals surface area contributed by atoms with Crippen LogP contribution in [0.25, 0.3) is 0 Å². The maximum absolute atomic E-state index is 12.9. The Hall–Kier alpha value is -1.22. The Morgan fingerprint density at radius 3 is 2.58 bits per heavy atom. The van der Waals surface area contributed by atoms with Gasteiger partial charge in [-0.1, -0.05) is 18.2 Å². The lowest BCUT2D eigenvalue weighted by Gasteiger charge is -2.27. The number of nitrogens with zero attached hydrogens (tertiary/aromatic N) is 2. The SMILES string of the molecule is CN(C(=O)C1CCCN1S(=O)(=O)c1ccc(Br)s1)c1ccccc1. The smallest absolute Gasteiger partial charge is 0.253 e. The van der Waals surface area contributed by atoms with Crippen molar-refractivity contribution in [3.05, 3.63) is 46.3 Å². The lowest BCUT2D eigenvalue weighted by Crippen LogP contribution is -2.46. The molecule has 5 nitrogen and oxygen atoms in total. The quantitative estimate of drug-likeness (QED) is 0.749. The van der Waals surface area contributed by atoms with Crippen molar-refractivity contribution in [2.24, 2.45) is 0 Å². The second-order valence-electron chi connectivity index (χ2n) is 5.57. The van der Waals surface area contributed by atoms with Crippen LogP contribution in [0, 0.1) is 0 Å². The van der Waals surface area contributed by atoms with Crippen molar-refractivity contribution in [2.75, 3.05) is 18.5 Å². The molecule has 1 aliphatic rings. The van der Waals surface area contributed by atoms with Gasteiger partial charge in [0.25, 0.3) is 10.0 Å². The molecule has 0 radical (unpaired) electrons. The summed E-state index contributed by atoms with van der Waals surface area (Å²) in [7, 11) is -1.97. The summed E-state index contributed by atoms with van der Waals surface area (Å²) in [6.07, 6.45) is 1.23. The predicted molar refractivity (Wildman–Crippen MR) is 98.8 cm³/mol. The molecule has 1 aliphatic heterocycles. The number of likely N-dealkylation sites (N-methyl/N-ethyl adjacent to an activating group) is 1. The third kappa shape index (κ3) is 3.28. The number of benzene rings is 1. The van der Waals surface area contributed by atoms with Crippen molar-refractivity contribution in [3.63, 3.8) is 0 Å². The molecule has 1 aromatic heterocycles. The highest BCUT2D eigenvalue weighted by Gasteiger charge is 2.41. The maximum atomic E-state index is 12.9. The highest BCUT2D eigenvalue weighted by atomic mass is 79.9. The number of hydrogen-bond acceptors (Lipinski definition) is 4.